The molecule has 2 unspecified atom stereocenters. The first-order valence-corrected chi connectivity index (χ1v) is 16.2. The molecule has 1 aromatic heterocycles. The fourth-order valence-electron chi connectivity index (χ4n) is 7.88. The first kappa shape index (κ1) is 25.2. The number of likely N-dealkylation sites (tertiary alicyclic amines) is 1. The van der Waals surface area contributed by atoms with Gasteiger partial charge in [0.15, 0.2) is 0 Å². The van der Waals surface area contributed by atoms with E-state index in [4.69, 9.17) is 17.4 Å². The van der Waals surface area contributed by atoms with Crippen LogP contribution in [0.4, 0.5) is 15.9 Å². The molecule has 2 aromatic carbocycles. The summed E-state index contributed by atoms with van der Waals surface area (Å²) in [5.41, 5.74) is 2.77. The van der Waals surface area contributed by atoms with Crippen LogP contribution in [0.1, 0.15) is 65.0 Å². The molecule has 228 valence electrons. The molecule has 1 saturated carbocycles. The number of piperazine rings is 1. The molecular formula is C34H43FN6O2. The van der Waals surface area contributed by atoms with Crippen LogP contribution in [0.15, 0.2) is 24.3 Å². The molecule has 43 heavy (non-hydrogen) atoms. The second-order valence-corrected chi connectivity index (χ2v) is 13.3. The molecular weight excluding hydrogens is 543 g/mol. The van der Waals surface area contributed by atoms with Gasteiger partial charge in [0.25, 0.3) is 0 Å². The molecule has 3 aromatic rings. The molecule has 5 aliphatic heterocycles. The van der Waals surface area contributed by atoms with Gasteiger partial charge in [-0.05, 0) is 87.5 Å². The second-order valence-electron chi connectivity index (χ2n) is 13.3. The van der Waals surface area contributed by atoms with Crippen LogP contribution >= 0.6 is 0 Å². The largest absolute Gasteiger partial charge is 0.508 e. The van der Waals surface area contributed by atoms with Crippen molar-refractivity contribution in [2.45, 2.75) is 76.9 Å². The number of anilines is 2. The van der Waals surface area contributed by atoms with Crippen molar-refractivity contribution < 1.29 is 17.0 Å². The summed E-state index contributed by atoms with van der Waals surface area (Å²) in [6, 6.07) is 7.46. The fraction of sp³-hybridized carbons (Fsp3) is 0.588. The first-order valence-electron chi connectivity index (χ1n) is 17.2. The standard InChI is InChI=1S/C34H43FN6O2/c1-2-26-28(35)8-5-22-15-25(42)16-30(31(22)26)40-14-9-27-29(19-40)37-33(38-32(27)41-18-23-6-7-24(41)17-36-23)43-21-34(10-11-34)20-39-12-3-4-13-39/h5,8,15-16,23-24,36,42H,2-4,6-7,9-14,17-21H2,1H3/i21D2. The lowest BCUT2D eigenvalue weighted by Gasteiger charge is -2.47. The number of halogens is 1. The molecule has 4 saturated heterocycles. The molecule has 1 aliphatic carbocycles. The Labute approximate surface area is 256 Å². The minimum absolute atomic E-state index is 0.0961. The van der Waals surface area contributed by atoms with Gasteiger partial charge in [-0.1, -0.05) is 13.0 Å². The zero-order valence-electron chi connectivity index (χ0n) is 27.0. The number of phenols is 1. The Morgan fingerprint density at radius 3 is 2.74 bits per heavy atom. The molecule has 6 aliphatic rings. The number of hydrogen-bond acceptors (Lipinski definition) is 8. The van der Waals surface area contributed by atoms with Crippen molar-refractivity contribution in [3.63, 3.8) is 0 Å². The normalized spacial score (nSPS) is 25.5. The van der Waals surface area contributed by atoms with Crippen molar-refractivity contribution in [2.24, 2.45) is 5.41 Å². The molecule has 2 N–H and O–H groups in total. The number of fused-ring (bicyclic) bond motifs is 5. The topological polar surface area (TPSA) is 77.0 Å². The maximum atomic E-state index is 15.0. The lowest BCUT2D eigenvalue weighted by atomic mass is 9.92. The number of piperidine rings is 2. The van der Waals surface area contributed by atoms with Crippen LogP contribution in [-0.4, -0.2) is 77.9 Å². The van der Waals surface area contributed by atoms with Gasteiger partial charge in [0.2, 0.25) is 0 Å². The van der Waals surface area contributed by atoms with Crippen LogP contribution in [0.25, 0.3) is 10.8 Å². The van der Waals surface area contributed by atoms with Gasteiger partial charge >= 0.3 is 6.01 Å². The number of aryl methyl sites for hydroxylation is 1. The van der Waals surface area contributed by atoms with Gasteiger partial charge in [-0.15, -0.1) is 0 Å². The summed E-state index contributed by atoms with van der Waals surface area (Å²) in [6.07, 6.45) is 7.40. The van der Waals surface area contributed by atoms with Crippen LogP contribution in [0.5, 0.6) is 11.8 Å². The lowest BCUT2D eigenvalue weighted by Crippen LogP contribution is -2.61. The number of benzene rings is 2. The van der Waals surface area contributed by atoms with E-state index in [-0.39, 0.29) is 17.6 Å². The summed E-state index contributed by atoms with van der Waals surface area (Å²) >= 11 is 0. The van der Waals surface area contributed by atoms with Gasteiger partial charge < -0.3 is 29.9 Å². The van der Waals surface area contributed by atoms with E-state index in [1.165, 1.54) is 18.9 Å². The van der Waals surface area contributed by atoms with Crippen LogP contribution in [0.3, 0.4) is 0 Å². The predicted molar refractivity (Wildman–Crippen MR) is 167 cm³/mol. The van der Waals surface area contributed by atoms with Gasteiger partial charge in [0, 0.05) is 66.4 Å². The van der Waals surface area contributed by atoms with Crippen molar-refractivity contribution in [3.8, 4) is 11.8 Å². The van der Waals surface area contributed by atoms with E-state index in [0.29, 0.717) is 50.1 Å². The molecule has 0 spiro atoms. The number of aromatic nitrogens is 2. The molecule has 9 heteroatoms. The third-order valence-corrected chi connectivity index (χ3v) is 10.4. The molecule has 2 bridgehead atoms. The predicted octanol–water partition coefficient (Wildman–Crippen LogP) is 4.80. The summed E-state index contributed by atoms with van der Waals surface area (Å²) in [5.74, 6) is 0.766. The molecule has 0 radical (unpaired) electrons. The highest BCUT2D eigenvalue weighted by molar-refractivity contribution is 5.98. The Bertz CT molecular complexity index is 1620. The second kappa shape index (κ2) is 10.8. The van der Waals surface area contributed by atoms with Crippen molar-refractivity contribution in [1.29, 1.82) is 0 Å². The molecule has 0 amide bonds. The van der Waals surface area contributed by atoms with Gasteiger partial charge in [-0.3, -0.25) is 0 Å². The van der Waals surface area contributed by atoms with E-state index in [2.05, 4.69) is 20.0 Å². The highest BCUT2D eigenvalue weighted by atomic mass is 19.1. The molecule has 2 atom stereocenters. The van der Waals surface area contributed by atoms with E-state index in [1.807, 2.05) is 6.92 Å². The smallest absolute Gasteiger partial charge is 0.318 e. The highest BCUT2D eigenvalue weighted by Gasteiger charge is 2.45. The monoisotopic (exact) mass is 588 g/mol. The summed E-state index contributed by atoms with van der Waals surface area (Å²) in [6.45, 7) is 5.67. The molecule has 9 rings (SSSR count). The third kappa shape index (κ3) is 5.08. The Morgan fingerprint density at radius 1 is 1.16 bits per heavy atom. The maximum Gasteiger partial charge on any atom is 0.318 e. The number of ether oxygens (including phenoxy) is 1. The average Bonchev–Trinajstić information content (AvgIpc) is 3.66. The van der Waals surface area contributed by atoms with Gasteiger partial charge in [0.1, 0.15) is 17.4 Å². The summed E-state index contributed by atoms with van der Waals surface area (Å²) in [5, 5.41) is 15.9. The van der Waals surface area contributed by atoms with Crippen molar-refractivity contribution in [2.75, 3.05) is 55.6 Å². The number of rotatable bonds is 8. The van der Waals surface area contributed by atoms with E-state index in [9.17, 15) is 5.11 Å². The minimum atomic E-state index is -1.90. The highest BCUT2D eigenvalue weighted by Crippen LogP contribution is 2.47. The third-order valence-electron chi connectivity index (χ3n) is 10.4. The first-order chi connectivity index (χ1) is 21.7. The Balaban J connectivity index is 1.17. The zero-order chi connectivity index (χ0) is 30.9. The van der Waals surface area contributed by atoms with Gasteiger partial charge in [0.05, 0.1) is 21.5 Å². The van der Waals surface area contributed by atoms with Crippen LogP contribution in [0.2, 0.25) is 0 Å². The number of nitrogens with one attached hydrogen (secondary N) is 1. The average molecular weight is 589 g/mol. The van der Waals surface area contributed by atoms with E-state index in [1.54, 1.807) is 18.2 Å². The lowest BCUT2D eigenvalue weighted by molar-refractivity contribution is 0.169. The summed E-state index contributed by atoms with van der Waals surface area (Å²) in [7, 11) is 0. The minimum Gasteiger partial charge on any atom is -0.508 e. The quantitative estimate of drug-likeness (QED) is 0.389. The van der Waals surface area contributed by atoms with Gasteiger partial charge in [-0.25, -0.2) is 4.39 Å². The van der Waals surface area contributed by atoms with E-state index in [0.717, 1.165) is 85.4 Å². The zero-order valence-corrected chi connectivity index (χ0v) is 25.0. The molecule has 6 heterocycles. The van der Waals surface area contributed by atoms with Crippen molar-refractivity contribution in [1.82, 2.24) is 20.2 Å². The Kier molecular flexibility index (Phi) is 6.31. The van der Waals surface area contributed by atoms with Crippen LogP contribution in [0, 0.1) is 11.2 Å². The number of aromatic hydroxyl groups is 1. The molecule has 8 nitrogen and oxygen atoms in total. The SMILES string of the molecule is [2H]C([2H])(Oc1nc2c(c(N3CC4CCC3CN4)n1)CCN(c1cc(O)cc3ccc(F)c(CC)c13)C2)C1(CN2CCCC2)CC1. The van der Waals surface area contributed by atoms with Crippen molar-refractivity contribution >= 4 is 22.3 Å². The van der Waals surface area contributed by atoms with E-state index >= 15 is 4.39 Å². The number of nitrogens with zero attached hydrogens (tertiary/aromatic N) is 5. The summed E-state index contributed by atoms with van der Waals surface area (Å²) < 4.78 is 39.5. The Morgan fingerprint density at radius 2 is 2.02 bits per heavy atom. The van der Waals surface area contributed by atoms with Crippen molar-refractivity contribution in [3.05, 3.63) is 46.9 Å². The van der Waals surface area contributed by atoms with Crippen LogP contribution < -0.4 is 19.9 Å². The number of hydrogen-bond donors (Lipinski definition) is 2. The van der Waals surface area contributed by atoms with Gasteiger partial charge in [-0.2, -0.15) is 9.97 Å². The van der Waals surface area contributed by atoms with Crippen LogP contribution in [-0.2, 0) is 19.4 Å². The number of phenolic OH excluding ortho intramolecular Hbond substituents is 1. The fourth-order valence-corrected chi connectivity index (χ4v) is 7.88. The maximum absolute atomic E-state index is 15.0. The molecule has 5 fully saturated rings. The Hall–Kier alpha value is -3.17. The summed E-state index contributed by atoms with van der Waals surface area (Å²) in [4.78, 5) is 16.8. The van der Waals surface area contributed by atoms with E-state index < -0.39 is 12.0 Å².